The number of thiophene rings is 1. The molecule has 7 heteroatoms. The average Bonchev–Trinajstić information content (AvgIpc) is 2.92. The number of hydrogen-bond acceptors (Lipinski definition) is 4. The van der Waals surface area contributed by atoms with Crippen LogP contribution >= 0.6 is 18.6 Å². The molecule has 0 aliphatic carbocycles. The molecule has 1 heterocycles. The minimum absolute atomic E-state index is 0. The zero-order chi connectivity index (χ0) is 17.6. The molecule has 0 saturated heterocycles. The SMILES string of the molecule is CCC(C(=O)Nc1c(C)csc1C(=O)CO)[P+](CC)(CC)CC.[Y]. The number of amides is 1. The first-order valence-electron chi connectivity index (χ1n) is 8.29. The molecule has 1 radical (unpaired) electrons. The third-order valence-electron chi connectivity index (χ3n) is 4.86. The van der Waals surface area contributed by atoms with E-state index in [4.69, 9.17) is 5.11 Å². The molecule has 1 aromatic heterocycles. The number of carbonyl (C=O) groups is 2. The van der Waals surface area contributed by atoms with Crippen molar-refractivity contribution < 1.29 is 47.4 Å². The number of rotatable bonds is 9. The van der Waals surface area contributed by atoms with Crippen LogP contribution in [-0.2, 0) is 37.5 Å². The predicted molar refractivity (Wildman–Crippen MR) is 102 cm³/mol. The van der Waals surface area contributed by atoms with Crippen LogP contribution in [0.3, 0.4) is 0 Å². The van der Waals surface area contributed by atoms with Crippen molar-refractivity contribution in [1.29, 1.82) is 0 Å². The summed E-state index contributed by atoms with van der Waals surface area (Å²) in [4.78, 5) is 25.2. The number of aliphatic hydroxyl groups is 1. The molecule has 0 bridgehead atoms. The number of ketones is 1. The van der Waals surface area contributed by atoms with E-state index in [1.807, 2.05) is 12.3 Å². The largest absolute Gasteiger partial charge is 0.388 e. The third-order valence-corrected chi connectivity index (χ3v) is 11.7. The van der Waals surface area contributed by atoms with Crippen LogP contribution in [0, 0.1) is 6.92 Å². The summed E-state index contributed by atoms with van der Waals surface area (Å²) in [5.74, 6) is -0.311. The molecule has 1 aromatic rings. The Hall–Kier alpha value is 0.334. The number of nitrogens with one attached hydrogen (secondary N) is 1. The molecule has 1 amide bonds. The van der Waals surface area contributed by atoms with Crippen LogP contribution < -0.4 is 5.32 Å². The minimum Gasteiger partial charge on any atom is -0.388 e. The van der Waals surface area contributed by atoms with Gasteiger partial charge < -0.3 is 10.4 Å². The van der Waals surface area contributed by atoms with E-state index in [2.05, 4.69) is 33.0 Å². The van der Waals surface area contributed by atoms with E-state index in [1.165, 1.54) is 11.3 Å². The van der Waals surface area contributed by atoms with Gasteiger partial charge in [-0.1, -0.05) is 6.92 Å². The van der Waals surface area contributed by atoms with Crippen molar-refractivity contribution in [3.05, 3.63) is 15.8 Å². The van der Waals surface area contributed by atoms with Crippen LogP contribution in [0.2, 0.25) is 0 Å². The summed E-state index contributed by atoms with van der Waals surface area (Å²) < 4.78 is 0. The second-order valence-corrected chi connectivity index (χ2v) is 11.6. The zero-order valence-electron chi connectivity index (χ0n) is 15.4. The number of aliphatic hydroxyl groups excluding tert-OH is 1. The Bertz CT molecular complexity index is 550. The zero-order valence-corrected chi connectivity index (χ0v) is 19.9. The third kappa shape index (κ3) is 5.17. The van der Waals surface area contributed by atoms with Gasteiger partial charge in [-0.3, -0.25) is 9.59 Å². The maximum Gasteiger partial charge on any atom is 0.265 e. The summed E-state index contributed by atoms with van der Waals surface area (Å²) in [5, 5.41) is 14.0. The Morgan fingerprint density at radius 1 is 1.21 bits per heavy atom. The van der Waals surface area contributed by atoms with E-state index < -0.39 is 13.9 Å². The average molecular weight is 447 g/mol. The Morgan fingerprint density at radius 2 is 1.75 bits per heavy atom. The molecule has 0 aromatic carbocycles. The van der Waals surface area contributed by atoms with E-state index in [9.17, 15) is 9.59 Å². The van der Waals surface area contributed by atoms with Crippen molar-refractivity contribution in [3.8, 4) is 0 Å². The van der Waals surface area contributed by atoms with Crippen LogP contribution in [0.5, 0.6) is 0 Å². The van der Waals surface area contributed by atoms with Crippen molar-refractivity contribution >= 4 is 36.0 Å². The first-order chi connectivity index (χ1) is 10.9. The van der Waals surface area contributed by atoms with E-state index in [-0.39, 0.29) is 50.1 Å². The standard InChI is InChI=1S/C17H28NO3PS.Y/c1-6-14(22(7-2,8-3)9-4)17(21)18-15-12(5)11-23-16(15)13(20)10-19;/h11,14,19H,6-10H2,1-5H3;/p+1. The fraction of sp³-hybridized carbons (Fsp3) is 0.647. The number of hydrogen-bond donors (Lipinski definition) is 2. The Balaban J connectivity index is 0.00000529. The van der Waals surface area contributed by atoms with Crippen LogP contribution in [0.4, 0.5) is 5.69 Å². The van der Waals surface area contributed by atoms with Crippen LogP contribution in [0.1, 0.15) is 49.4 Å². The summed E-state index contributed by atoms with van der Waals surface area (Å²) in [7, 11) is -1.33. The molecule has 0 spiro atoms. The Kier molecular flexibility index (Phi) is 11.3. The fourth-order valence-corrected chi connectivity index (χ4v) is 8.18. The molecule has 24 heavy (non-hydrogen) atoms. The Morgan fingerprint density at radius 3 is 2.17 bits per heavy atom. The summed E-state index contributed by atoms with van der Waals surface area (Å²) in [6, 6.07) is 0. The van der Waals surface area contributed by atoms with E-state index >= 15 is 0 Å². The fourth-order valence-electron chi connectivity index (χ4n) is 3.24. The van der Waals surface area contributed by atoms with Crippen molar-refractivity contribution in [2.75, 3.05) is 30.4 Å². The molecular weight excluding hydrogens is 418 g/mol. The summed E-state index contributed by atoms with van der Waals surface area (Å²) in [6.07, 6.45) is 4.02. The molecule has 0 saturated carbocycles. The van der Waals surface area contributed by atoms with Gasteiger partial charge in [-0.25, -0.2) is 0 Å². The minimum atomic E-state index is -1.33. The number of aryl methyl sites for hydroxylation is 1. The number of carbonyl (C=O) groups excluding carboxylic acids is 2. The van der Waals surface area contributed by atoms with Gasteiger partial charge in [-0.2, -0.15) is 0 Å². The topological polar surface area (TPSA) is 66.4 Å². The van der Waals surface area contributed by atoms with Gasteiger partial charge in [0.25, 0.3) is 5.91 Å². The first kappa shape index (κ1) is 24.3. The molecule has 0 fully saturated rings. The smallest absolute Gasteiger partial charge is 0.265 e. The Labute approximate surface area is 175 Å². The van der Waals surface area contributed by atoms with Crippen LogP contribution in [-0.4, -0.2) is 47.5 Å². The molecule has 4 nitrogen and oxygen atoms in total. The predicted octanol–water partition coefficient (Wildman–Crippen LogP) is 4.02. The molecule has 1 unspecified atom stereocenters. The van der Waals surface area contributed by atoms with Crippen molar-refractivity contribution in [1.82, 2.24) is 0 Å². The van der Waals surface area contributed by atoms with E-state index in [1.54, 1.807) is 0 Å². The van der Waals surface area contributed by atoms with Crippen LogP contribution in [0.25, 0.3) is 0 Å². The normalized spacial score (nSPS) is 12.4. The number of Topliss-reactive ketones (excluding diaryl/α,β-unsaturated/α-hetero) is 1. The van der Waals surface area contributed by atoms with Gasteiger partial charge >= 0.3 is 0 Å². The maximum atomic E-state index is 12.9. The summed E-state index contributed by atoms with van der Waals surface area (Å²) >= 11 is 1.28. The summed E-state index contributed by atoms with van der Waals surface area (Å²) in [5.41, 5.74) is 1.49. The van der Waals surface area contributed by atoms with Gasteiger partial charge in [0.2, 0.25) is 0 Å². The maximum absolute atomic E-state index is 12.9. The second kappa shape index (κ2) is 11.1. The van der Waals surface area contributed by atoms with Gasteiger partial charge in [0.05, 0.1) is 29.1 Å². The van der Waals surface area contributed by atoms with Gasteiger partial charge in [0.15, 0.2) is 5.78 Å². The molecule has 2 N–H and O–H groups in total. The van der Waals surface area contributed by atoms with E-state index in [0.717, 1.165) is 30.5 Å². The van der Waals surface area contributed by atoms with Crippen molar-refractivity contribution in [2.45, 2.75) is 46.7 Å². The van der Waals surface area contributed by atoms with E-state index in [0.29, 0.717) is 10.6 Å². The van der Waals surface area contributed by atoms with Gasteiger partial charge in [0, 0.05) is 40.0 Å². The monoisotopic (exact) mass is 447 g/mol. The van der Waals surface area contributed by atoms with Gasteiger partial charge in [-0.05, 0) is 45.1 Å². The van der Waals surface area contributed by atoms with Gasteiger partial charge in [0.1, 0.15) is 12.3 Å². The second-order valence-electron chi connectivity index (χ2n) is 5.78. The van der Waals surface area contributed by atoms with Crippen molar-refractivity contribution in [2.24, 2.45) is 0 Å². The molecule has 1 rings (SSSR count). The number of anilines is 1. The molecule has 133 valence electrons. The molecule has 0 aliphatic rings. The summed E-state index contributed by atoms with van der Waals surface area (Å²) in [6.45, 7) is 9.98. The molecule has 1 atom stereocenters. The first-order valence-corrected chi connectivity index (χ1v) is 11.6. The van der Waals surface area contributed by atoms with Gasteiger partial charge in [-0.15, -0.1) is 11.3 Å². The van der Waals surface area contributed by atoms with Crippen LogP contribution in [0.15, 0.2) is 5.38 Å². The van der Waals surface area contributed by atoms with Crippen molar-refractivity contribution in [3.63, 3.8) is 0 Å². The molecule has 0 aliphatic heterocycles. The quantitative estimate of drug-likeness (QED) is 0.444. The molecular formula is C17H29NO3PSY+.